The summed E-state index contributed by atoms with van der Waals surface area (Å²) in [6.45, 7) is 2.71. The summed E-state index contributed by atoms with van der Waals surface area (Å²) in [7, 11) is 0. The summed E-state index contributed by atoms with van der Waals surface area (Å²) in [5, 5.41) is 13.3. The highest BCUT2D eigenvalue weighted by molar-refractivity contribution is 5.90. The summed E-state index contributed by atoms with van der Waals surface area (Å²) >= 11 is 0. The summed E-state index contributed by atoms with van der Waals surface area (Å²) in [6.07, 6.45) is 0.104. The van der Waals surface area contributed by atoms with Gasteiger partial charge in [-0.15, -0.1) is 0 Å². The Bertz CT molecular complexity index is 340. The Hall–Kier alpha value is -1.92. The molecular formula is C11H18N2O5. The third-order valence-corrected chi connectivity index (χ3v) is 2.24. The molecule has 0 aromatic heterocycles. The van der Waals surface area contributed by atoms with Crippen molar-refractivity contribution in [1.29, 1.82) is 0 Å². The van der Waals surface area contributed by atoms with Gasteiger partial charge in [0.1, 0.15) is 0 Å². The number of amides is 2. The summed E-state index contributed by atoms with van der Waals surface area (Å²) < 4.78 is 0. The number of ketones is 1. The van der Waals surface area contributed by atoms with Crippen LogP contribution >= 0.6 is 0 Å². The second kappa shape index (κ2) is 8.21. The van der Waals surface area contributed by atoms with Crippen molar-refractivity contribution in [2.24, 2.45) is 0 Å². The molecule has 0 aliphatic heterocycles. The minimum absolute atomic E-state index is 0.0398. The Labute approximate surface area is 105 Å². The Morgan fingerprint density at radius 2 is 1.78 bits per heavy atom. The van der Waals surface area contributed by atoms with E-state index in [2.05, 4.69) is 10.6 Å². The smallest absolute Gasteiger partial charge is 0.303 e. The van der Waals surface area contributed by atoms with Gasteiger partial charge in [0.25, 0.3) is 0 Å². The van der Waals surface area contributed by atoms with E-state index in [0.717, 1.165) is 0 Å². The van der Waals surface area contributed by atoms with Crippen LogP contribution in [0, 0.1) is 0 Å². The fourth-order valence-electron chi connectivity index (χ4n) is 1.19. The number of hydrogen-bond donors (Lipinski definition) is 3. The van der Waals surface area contributed by atoms with Crippen LogP contribution in [0.3, 0.4) is 0 Å². The van der Waals surface area contributed by atoms with Gasteiger partial charge in [-0.1, -0.05) is 6.92 Å². The van der Waals surface area contributed by atoms with Gasteiger partial charge in [0.05, 0.1) is 12.6 Å². The lowest BCUT2D eigenvalue weighted by atomic mass is 10.1. The Balaban J connectivity index is 4.15. The number of carbonyl (C=O) groups is 4. The molecule has 7 nitrogen and oxygen atoms in total. The topological polar surface area (TPSA) is 113 Å². The summed E-state index contributed by atoms with van der Waals surface area (Å²) in [5.41, 5.74) is 0. The van der Waals surface area contributed by atoms with Crippen molar-refractivity contribution in [3.8, 4) is 0 Å². The van der Waals surface area contributed by atoms with Crippen LogP contribution < -0.4 is 10.6 Å². The zero-order chi connectivity index (χ0) is 14.1. The Kier molecular flexibility index (Phi) is 7.34. The number of carboxylic acid groups (broad SMARTS) is 1. The van der Waals surface area contributed by atoms with Gasteiger partial charge in [0, 0.05) is 12.8 Å². The van der Waals surface area contributed by atoms with Crippen LogP contribution in [0.4, 0.5) is 0 Å². The molecule has 0 heterocycles. The van der Waals surface area contributed by atoms with Crippen LogP contribution in [0.2, 0.25) is 0 Å². The van der Waals surface area contributed by atoms with Crippen LogP contribution in [0.15, 0.2) is 0 Å². The molecule has 0 saturated carbocycles. The minimum Gasteiger partial charge on any atom is -0.481 e. The zero-order valence-electron chi connectivity index (χ0n) is 10.5. The van der Waals surface area contributed by atoms with Crippen LogP contribution in [-0.4, -0.2) is 41.3 Å². The van der Waals surface area contributed by atoms with E-state index < -0.39 is 17.9 Å². The number of rotatable bonds is 8. The van der Waals surface area contributed by atoms with Gasteiger partial charge in [-0.2, -0.15) is 0 Å². The van der Waals surface area contributed by atoms with Gasteiger partial charge >= 0.3 is 5.97 Å². The molecule has 0 fully saturated rings. The van der Waals surface area contributed by atoms with Crippen molar-refractivity contribution >= 4 is 23.6 Å². The molecule has 0 aliphatic carbocycles. The maximum atomic E-state index is 11.4. The molecular weight excluding hydrogens is 240 g/mol. The van der Waals surface area contributed by atoms with E-state index in [4.69, 9.17) is 5.11 Å². The lowest BCUT2D eigenvalue weighted by molar-refractivity contribution is -0.137. The summed E-state index contributed by atoms with van der Waals surface area (Å²) in [6, 6.07) is -0.827. The second-order valence-electron chi connectivity index (χ2n) is 3.79. The van der Waals surface area contributed by atoms with Crippen LogP contribution in [0.25, 0.3) is 0 Å². The maximum absolute atomic E-state index is 11.4. The molecule has 3 N–H and O–H groups in total. The normalized spacial score (nSPS) is 11.4. The van der Waals surface area contributed by atoms with E-state index in [1.807, 2.05) is 0 Å². The predicted molar refractivity (Wildman–Crippen MR) is 62.8 cm³/mol. The number of carboxylic acids is 1. The molecule has 0 bridgehead atoms. The Morgan fingerprint density at radius 1 is 1.17 bits per heavy atom. The molecule has 102 valence electrons. The van der Waals surface area contributed by atoms with Crippen molar-refractivity contribution in [3.63, 3.8) is 0 Å². The summed E-state index contributed by atoms with van der Waals surface area (Å²) in [4.78, 5) is 43.9. The molecule has 7 heteroatoms. The SMILES string of the molecule is CCC(=O)NCC(=O)NC(CCC(=O)O)C(C)=O. The largest absolute Gasteiger partial charge is 0.481 e. The van der Waals surface area contributed by atoms with Gasteiger partial charge in [0.2, 0.25) is 11.8 Å². The van der Waals surface area contributed by atoms with Crippen molar-refractivity contribution in [3.05, 3.63) is 0 Å². The molecule has 0 aromatic rings. The number of aliphatic carboxylic acids is 1. The number of Topliss-reactive ketones (excluding diaryl/α,β-unsaturated/α-hetero) is 1. The summed E-state index contributed by atoms with van der Waals surface area (Å²) in [5.74, 6) is -2.13. The van der Waals surface area contributed by atoms with Gasteiger partial charge in [-0.05, 0) is 13.3 Å². The van der Waals surface area contributed by atoms with Crippen LogP contribution in [-0.2, 0) is 19.2 Å². The van der Waals surface area contributed by atoms with E-state index in [-0.39, 0.29) is 37.5 Å². The highest BCUT2D eigenvalue weighted by Gasteiger charge is 2.18. The zero-order valence-corrected chi connectivity index (χ0v) is 10.5. The van der Waals surface area contributed by atoms with Gasteiger partial charge < -0.3 is 15.7 Å². The Morgan fingerprint density at radius 3 is 2.22 bits per heavy atom. The molecule has 0 aliphatic rings. The van der Waals surface area contributed by atoms with Crippen molar-refractivity contribution in [2.75, 3.05) is 6.54 Å². The van der Waals surface area contributed by atoms with Gasteiger partial charge in [0.15, 0.2) is 5.78 Å². The average molecular weight is 258 g/mol. The lowest BCUT2D eigenvalue weighted by Gasteiger charge is -2.15. The molecule has 18 heavy (non-hydrogen) atoms. The fraction of sp³-hybridized carbons (Fsp3) is 0.636. The van der Waals surface area contributed by atoms with Crippen molar-refractivity contribution < 1.29 is 24.3 Å². The van der Waals surface area contributed by atoms with E-state index >= 15 is 0 Å². The first kappa shape index (κ1) is 16.1. The standard InChI is InChI=1S/C11H18N2O5/c1-3-9(15)12-6-10(16)13-8(7(2)14)4-5-11(17)18/h8H,3-6H2,1-2H3,(H,12,15)(H,13,16)(H,17,18). The number of nitrogens with one attached hydrogen (secondary N) is 2. The van der Waals surface area contributed by atoms with Crippen molar-refractivity contribution in [2.45, 2.75) is 39.2 Å². The molecule has 1 atom stereocenters. The van der Waals surface area contributed by atoms with Crippen molar-refractivity contribution in [1.82, 2.24) is 10.6 Å². The lowest BCUT2D eigenvalue weighted by Crippen LogP contribution is -2.45. The molecule has 1 unspecified atom stereocenters. The molecule has 0 aromatic carbocycles. The quantitative estimate of drug-likeness (QED) is 0.540. The third-order valence-electron chi connectivity index (χ3n) is 2.24. The second-order valence-corrected chi connectivity index (χ2v) is 3.79. The first-order valence-electron chi connectivity index (χ1n) is 5.65. The van der Waals surface area contributed by atoms with E-state index in [0.29, 0.717) is 0 Å². The van der Waals surface area contributed by atoms with Crippen LogP contribution in [0.5, 0.6) is 0 Å². The highest BCUT2D eigenvalue weighted by atomic mass is 16.4. The molecule has 0 radical (unpaired) electrons. The van der Waals surface area contributed by atoms with E-state index in [9.17, 15) is 19.2 Å². The first-order chi connectivity index (χ1) is 8.36. The fourth-order valence-corrected chi connectivity index (χ4v) is 1.19. The number of carbonyl (C=O) groups excluding carboxylic acids is 3. The molecule has 0 spiro atoms. The van der Waals surface area contributed by atoms with Gasteiger partial charge in [-0.3, -0.25) is 19.2 Å². The third kappa shape index (κ3) is 7.37. The first-order valence-corrected chi connectivity index (χ1v) is 5.65. The highest BCUT2D eigenvalue weighted by Crippen LogP contribution is 1.98. The molecule has 2 amide bonds. The molecule has 0 rings (SSSR count). The predicted octanol–water partition coefficient (Wildman–Crippen LogP) is -0.549. The van der Waals surface area contributed by atoms with Crippen LogP contribution in [0.1, 0.15) is 33.1 Å². The maximum Gasteiger partial charge on any atom is 0.303 e. The minimum atomic E-state index is -1.03. The van der Waals surface area contributed by atoms with E-state index in [1.54, 1.807) is 6.92 Å². The monoisotopic (exact) mass is 258 g/mol. The average Bonchev–Trinajstić information content (AvgIpc) is 2.30. The van der Waals surface area contributed by atoms with Gasteiger partial charge in [-0.25, -0.2) is 0 Å². The number of hydrogen-bond acceptors (Lipinski definition) is 4. The van der Waals surface area contributed by atoms with E-state index in [1.165, 1.54) is 6.92 Å². The molecule has 0 saturated heterocycles.